The third-order valence-electron chi connectivity index (χ3n) is 4.67. The highest BCUT2D eigenvalue weighted by molar-refractivity contribution is 5.50. The molecular formula is C19H24N6O. The zero-order valence-corrected chi connectivity index (χ0v) is 15.2. The van der Waals surface area contributed by atoms with E-state index in [1.54, 1.807) is 0 Å². The Morgan fingerprint density at radius 3 is 2.77 bits per heavy atom. The van der Waals surface area contributed by atoms with E-state index in [4.69, 9.17) is 4.74 Å². The van der Waals surface area contributed by atoms with Crippen LogP contribution in [0.15, 0.2) is 36.5 Å². The molecule has 1 aliphatic rings. The summed E-state index contributed by atoms with van der Waals surface area (Å²) in [7, 11) is 0. The molecule has 0 amide bonds. The predicted octanol–water partition coefficient (Wildman–Crippen LogP) is 2.23. The second-order valence-electron chi connectivity index (χ2n) is 6.64. The van der Waals surface area contributed by atoms with Crippen molar-refractivity contribution in [1.82, 2.24) is 24.5 Å². The molecule has 0 saturated carbocycles. The van der Waals surface area contributed by atoms with E-state index in [-0.39, 0.29) is 6.04 Å². The minimum Gasteiger partial charge on any atom is -0.379 e. The molecular weight excluding hydrogens is 328 g/mol. The number of aromatic nitrogens is 4. The van der Waals surface area contributed by atoms with Gasteiger partial charge in [-0.05, 0) is 26.0 Å². The van der Waals surface area contributed by atoms with Gasteiger partial charge in [-0.2, -0.15) is 9.61 Å². The van der Waals surface area contributed by atoms with E-state index in [0.717, 1.165) is 61.4 Å². The number of anilines is 1. The molecule has 3 aromatic heterocycles. The van der Waals surface area contributed by atoms with E-state index < -0.39 is 0 Å². The van der Waals surface area contributed by atoms with Gasteiger partial charge in [0.05, 0.1) is 30.6 Å². The van der Waals surface area contributed by atoms with Gasteiger partial charge in [-0.15, -0.1) is 0 Å². The van der Waals surface area contributed by atoms with E-state index in [1.807, 2.05) is 48.8 Å². The van der Waals surface area contributed by atoms with Crippen LogP contribution in [0.3, 0.4) is 0 Å². The number of nitrogens with one attached hydrogen (secondary N) is 1. The second-order valence-corrected chi connectivity index (χ2v) is 6.64. The predicted molar refractivity (Wildman–Crippen MR) is 100 cm³/mol. The smallest absolute Gasteiger partial charge is 0.157 e. The number of hydrogen-bond donors (Lipinski definition) is 1. The van der Waals surface area contributed by atoms with E-state index in [0.29, 0.717) is 0 Å². The van der Waals surface area contributed by atoms with Crippen molar-refractivity contribution in [2.75, 3.05) is 38.2 Å². The fraction of sp³-hybridized carbons (Fsp3) is 0.421. The van der Waals surface area contributed by atoms with Gasteiger partial charge >= 0.3 is 0 Å². The van der Waals surface area contributed by atoms with Crippen molar-refractivity contribution in [3.05, 3.63) is 53.6 Å². The first kappa shape index (κ1) is 16.9. The number of nitrogens with zero attached hydrogens (tertiary/aromatic N) is 5. The summed E-state index contributed by atoms with van der Waals surface area (Å²) in [5.74, 6) is 0.954. The van der Waals surface area contributed by atoms with Crippen molar-refractivity contribution < 1.29 is 4.74 Å². The highest BCUT2D eigenvalue weighted by atomic mass is 16.5. The van der Waals surface area contributed by atoms with Crippen molar-refractivity contribution in [2.45, 2.75) is 19.9 Å². The third kappa shape index (κ3) is 3.54. The lowest BCUT2D eigenvalue weighted by molar-refractivity contribution is 0.0179. The molecule has 1 saturated heterocycles. The van der Waals surface area contributed by atoms with Crippen LogP contribution >= 0.6 is 0 Å². The standard InChI is InChI=1S/C19H24N6O/c1-14-11-18(25-19(22-14)12-15(2)23-25)21-13-17(16-5-3-4-6-20-16)24-7-9-26-10-8-24/h3-6,11-12,17,21H,7-10,13H2,1-2H3. The SMILES string of the molecule is Cc1cc(NCC(c2ccccn2)N2CCOCC2)n2nc(C)cc2n1. The van der Waals surface area contributed by atoms with Gasteiger partial charge in [-0.3, -0.25) is 9.88 Å². The number of hydrogen-bond acceptors (Lipinski definition) is 6. The van der Waals surface area contributed by atoms with Gasteiger partial charge in [0, 0.05) is 43.7 Å². The summed E-state index contributed by atoms with van der Waals surface area (Å²) in [6, 6.07) is 10.3. The fourth-order valence-electron chi connectivity index (χ4n) is 3.42. The van der Waals surface area contributed by atoms with E-state index in [9.17, 15) is 0 Å². The van der Waals surface area contributed by atoms with Crippen LogP contribution in [0.5, 0.6) is 0 Å². The molecule has 1 N–H and O–H groups in total. The van der Waals surface area contributed by atoms with Gasteiger partial charge in [0.2, 0.25) is 0 Å². The summed E-state index contributed by atoms with van der Waals surface area (Å²) in [5, 5.41) is 8.14. The summed E-state index contributed by atoms with van der Waals surface area (Å²) in [4.78, 5) is 11.6. The van der Waals surface area contributed by atoms with Crippen molar-refractivity contribution in [3.63, 3.8) is 0 Å². The normalized spacial score (nSPS) is 16.7. The Bertz CT molecular complexity index is 872. The van der Waals surface area contributed by atoms with Crippen LogP contribution in [0.1, 0.15) is 23.1 Å². The average Bonchev–Trinajstić information content (AvgIpc) is 3.03. The van der Waals surface area contributed by atoms with Gasteiger partial charge < -0.3 is 10.1 Å². The molecule has 1 aliphatic heterocycles. The van der Waals surface area contributed by atoms with Crippen LogP contribution in [0.4, 0.5) is 5.82 Å². The number of rotatable bonds is 5. The highest BCUT2D eigenvalue weighted by Crippen LogP contribution is 2.22. The Labute approximate surface area is 153 Å². The number of ether oxygens (including phenoxy) is 1. The molecule has 3 aromatic rings. The third-order valence-corrected chi connectivity index (χ3v) is 4.67. The lowest BCUT2D eigenvalue weighted by Gasteiger charge is -2.34. The number of aryl methyl sites for hydroxylation is 2. The van der Waals surface area contributed by atoms with E-state index >= 15 is 0 Å². The molecule has 26 heavy (non-hydrogen) atoms. The molecule has 136 valence electrons. The molecule has 4 heterocycles. The Hall–Kier alpha value is -2.51. The van der Waals surface area contributed by atoms with Crippen LogP contribution in [-0.4, -0.2) is 57.3 Å². The van der Waals surface area contributed by atoms with Gasteiger partial charge in [0.15, 0.2) is 5.65 Å². The van der Waals surface area contributed by atoms with Crippen molar-refractivity contribution in [3.8, 4) is 0 Å². The molecule has 1 atom stereocenters. The van der Waals surface area contributed by atoms with E-state index in [2.05, 4.69) is 31.3 Å². The van der Waals surface area contributed by atoms with Crippen molar-refractivity contribution >= 4 is 11.5 Å². The molecule has 0 spiro atoms. The van der Waals surface area contributed by atoms with Crippen LogP contribution in [0.25, 0.3) is 5.65 Å². The quantitative estimate of drug-likeness (QED) is 0.759. The van der Waals surface area contributed by atoms with Crippen LogP contribution in [0.2, 0.25) is 0 Å². The number of fused-ring (bicyclic) bond motifs is 1. The molecule has 7 heteroatoms. The summed E-state index contributed by atoms with van der Waals surface area (Å²) in [5.41, 5.74) is 3.87. The molecule has 7 nitrogen and oxygen atoms in total. The first-order valence-corrected chi connectivity index (χ1v) is 9.01. The van der Waals surface area contributed by atoms with Gasteiger partial charge in [0.25, 0.3) is 0 Å². The number of morpholine rings is 1. The lowest BCUT2D eigenvalue weighted by atomic mass is 10.1. The van der Waals surface area contributed by atoms with Crippen LogP contribution in [-0.2, 0) is 4.74 Å². The topological polar surface area (TPSA) is 67.6 Å². The Morgan fingerprint density at radius 1 is 1.15 bits per heavy atom. The molecule has 1 fully saturated rings. The monoisotopic (exact) mass is 352 g/mol. The minimum absolute atomic E-state index is 0.181. The molecule has 0 bridgehead atoms. The number of pyridine rings is 1. The Balaban J connectivity index is 1.60. The van der Waals surface area contributed by atoms with Gasteiger partial charge in [0.1, 0.15) is 5.82 Å². The highest BCUT2D eigenvalue weighted by Gasteiger charge is 2.23. The van der Waals surface area contributed by atoms with E-state index in [1.165, 1.54) is 0 Å². The summed E-state index contributed by atoms with van der Waals surface area (Å²) in [6.45, 7) is 8.09. The Kier molecular flexibility index (Phi) is 4.81. The zero-order chi connectivity index (χ0) is 17.9. The van der Waals surface area contributed by atoms with Gasteiger partial charge in [-0.25, -0.2) is 4.98 Å². The maximum absolute atomic E-state index is 5.52. The fourth-order valence-corrected chi connectivity index (χ4v) is 3.42. The van der Waals surface area contributed by atoms with Crippen molar-refractivity contribution in [1.29, 1.82) is 0 Å². The minimum atomic E-state index is 0.181. The molecule has 1 unspecified atom stereocenters. The zero-order valence-electron chi connectivity index (χ0n) is 15.2. The summed E-state index contributed by atoms with van der Waals surface area (Å²) >= 11 is 0. The largest absolute Gasteiger partial charge is 0.379 e. The lowest BCUT2D eigenvalue weighted by Crippen LogP contribution is -2.42. The first-order chi connectivity index (χ1) is 12.7. The Morgan fingerprint density at radius 2 is 2.00 bits per heavy atom. The maximum atomic E-state index is 5.52. The molecule has 0 aromatic carbocycles. The molecule has 0 radical (unpaired) electrons. The van der Waals surface area contributed by atoms with Crippen molar-refractivity contribution in [2.24, 2.45) is 0 Å². The van der Waals surface area contributed by atoms with Crippen LogP contribution < -0.4 is 5.32 Å². The van der Waals surface area contributed by atoms with Crippen LogP contribution in [0, 0.1) is 13.8 Å². The summed E-state index contributed by atoms with van der Waals surface area (Å²) < 4.78 is 7.39. The van der Waals surface area contributed by atoms with Gasteiger partial charge in [-0.1, -0.05) is 6.07 Å². The molecule has 0 aliphatic carbocycles. The average molecular weight is 352 g/mol. The maximum Gasteiger partial charge on any atom is 0.157 e. The summed E-state index contributed by atoms with van der Waals surface area (Å²) in [6.07, 6.45) is 1.86. The second kappa shape index (κ2) is 7.39. The molecule has 4 rings (SSSR count). The first-order valence-electron chi connectivity index (χ1n) is 9.01.